The highest BCUT2D eigenvalue weighted by atomic mass is 35.5. The zero-order chi connectivity index (χ0) is 14.1. The number of nitrogens with two attached hydrogens (primary N) is 1. The summed E-state index contributed by atoms with van der Waals surface area (Å²) in [5, 5.41) is 2.35. The van der Waals surface area contributed by atoms with E-state index in [0.717, 1.165) is 4.96 Å². The Morgan fingerprint density at radius 2 is 2.35 bits per heavy atom. The third-order valence-electron chi connectivity index (χ3n) is 2.73. The van der Waals surface area contributed by atoms with Crippen LogP contribution in [-0.4, -0.2) is 15.4 Å². The lowest BCUT2D eigenvalue weighted by atomic mass is 10.2. The minimum absolute atomic E-state index is 0.121. The highest BCUT2D eigenvalue weighted by Gasteiger charge is 2.11. The third kappa shape index (κ3) is 2.48. The Morgan fingerprint density at radius 3 is 3.10 bits per heavy atom. The number of ether oxygens (including phenoxy) is 1. The summed E-state index contributed by atoms with van der Waals surface area (Å²) < 4.78 is 7.08. The number of nitrogen functional groups attached to an aromatic ring is 1. The van der Waals surface area contributed by atoms with Crippen molar-refractivity contribution in [3.8, 4) is 0 Å². The summed E-state index contributed by atoms with van der Waals surface area (Å²) in [7, 11) is 0. The average Bonchev–Trinajstić information content (AvgIpc) is 3.00. The molecule has 3 rings (SSSR count). The maximum absolute atomic E-state index is 11.9. The van der Waals surface area contributed by atoms with Crippen LogP contribution in [0.15, 0.2) is 36.0 Å². The van der Waals surface area contributed by atoms with E-state index in [4.69, 9.17) is 22.1 Å². The Kier molecular flexibility index (Phi) is 3.33. The number of fused-ring (bicyclic) bond motifs is 1. The molecule has 0 fully saturated rings. The van der Waals surface area contributed by atoms with Crippen molar-refractivity contribution in [2.45, 2.75) is 6.61 Å². The predicted molar refractivity (Wildman–Crippen MR) is 78.1 cm³/mol. The summed E-state index contributed by atoms with van der Waals surface area (Å²) in [6.07, 6.45) is 3.73. The molecule has 102 valence electrons. The number of thiazole rings is 1. The van der Waals surface area contributed by atoms with Gasteiger partial charge in [-0.15, -0.1) is 11.3 Å². The molecule has 1 aromatic carbocycles. The van der Waals surface area contributed by atoms with Crippen molar-refractivity contribution in [2.75, 3.05) is 5.73 Å². The maximum atomic E-state index is 11.9. The van der Waals surface area contributed by atoms with Gasteiger partial charge in [-0.1, -0.05) is 11.6 Å². The summed E-state index contributed by atoms with van der Waals surface area (Å²) >= 11 is 7.32. The first-order valence-electron chi connectivity index (χ1n) is 5.77. The SMILES string of the molecule is Nc1cc(C(=O)OCc2cn3ccsc3n2)ccc1Cl. The second kappa shape index (κ2) is 5.15. The highest BCUT2D eigenvalue weighted by Crippen LogP contribution is 2.20. The number of hydrogen-bond acceptors (Lipinski definition) is 5. The van der Waals surface area contributed by atoms with Gasteiger partial charge < -0.3 is 10.5 Å². The molecule has 0 atom stereocenters. The van der Waals surface area contributed by atoms with Gasteiger partial charge in [0.05, 0.1) is 22.0 Å². The normalized spacial score (nSPS) is 10.8. The van der Waals surface area contributed by atoms with Crippen LogP contribution in [0.2, 0.25) is 5.02 Å². The first-order valence-corrected chi connectivity index (χ1v) is 7.02. The summed E-state index contributed by atoms with van der Waals surface area (Å²) in [6, 6.07) is 4.64. The molecule has 0 aliphatic heterocycles. The minimum Gasteiger partial charge on any atom is -0.456 e. The summed E-state index contributed by atoms with van der Waals surface area (Å²) in [5.74, 6) is -0.454. The number of carbonyl (C=O) groups is 1. The van der Waals surface area contributed by atoms with Gasteiger partial charge in [-0.3, -0.25) is 4.40 Å². The van der Waals surface area contributed by atoms with Crippen LogP contribution in [0.5, 0.6) is 0 Å². The Morgan fingerprint density at radius 1 is 1.50 bits per heavy atom. The van der Waals surface area contributed by atoms with Crippen molar-refractivity contribution in [3.63, 3.8) is 0 Å². The molecule has 2 aromatic heterocycles. The number of esters is 1. The monoisotopic (exact) mass is 307 g/mol. The summed E-state index contributed by atoms with van der Waals surface area (Å²) in [4.78, 5) is 17.1. The molecule has 2 N–H and O–H groups in total. The van der Waals surface area contributed by atoms with Crippen molar-refractivity contribution in [3.05, 3.63) is 52.3 Å². The van der Waals surface area contributed by atoms with Gasteiger partial charge in [-0.05, 0) is 18.2 Å². The van der Waals surface area contributed by atoms with Crippen molar-refractivity contribution < 1.29 is 9.53 Å². The zero-order valence-corrected chi connectivity index (χ0v) is 11.8. The average molecular weight is 308 g/mol. The van der Waals surface area contributed by atoms with Crippen LogP contribution >= 0.6 is 22.9 Å². The Hall–Kier alpha value is -2.05. The molecule has 5 nitrogen and oxygen atoms in total. The van der Waals surface area contributed by atoms with Gasteiger partial charge in [-0.2, -0.15) is 0 Å². The second-order valence-corrected chi connectivity index (χ2v) is 5.42. The van der Waals surface area contributed by atoms with Crippen LogP contribution in [-0.2, 0) is 11.3 Å². The lowest BCUT2D eigenvalue weighted by Gasteiger charge is -2.04. The summed E-state index contributed by atoms with van der Waals surface area (Å²) in [6.45, 7) is 0.121. The van der Waals surface area contributed by atoms with E-state index in [-0.39, 0.29) is 6.61 Å². The lowest BCUT2D eigenvalue weighted by Crippen LogP contribution is -2.06. The fraction of sp³-hybridized carbons (Fsp3) is 0.0769. The van der Waals surface area contributed by atoms with E-state index in [1.807, 2.05) is 22.2 Å². The van der Waals surface area contributed by atoms with Crippen LogP contribution in [0.1, 0.15) is 16.1 Å². The van der Waals surface area contributed by atoms with Crippen molar-refractivity contribution in [2.24, 2.45) is 0 Å². The molecule has 20 heavy (non-hydrogen) atoms. The third-order valence-corrected chi connectivity index (χ3v) is 3.84. The molecular weight excluding hydrogens is 298 g/mol. The molecule has 0 unspecified atom stereocenters. The van der Waals surface area contributed by atoms with Gasteiger partial charge in [0, 0.05) is 17.8 Å². The number of rotatable bonds is 3. The van der Waals surface area contributed by atoms with Gasteiger partial charge in [0.25, 0.3) is 0 Å². The molecule has 0 saturated carbocycles. The molecule has 3 aromatic rings. The van der Waals surface area contributed by atoms with Crippen LogP contribution < -0.4 is 5.73 Å². The molecule has 0 amide bonds. The van der Waals surface area contributed by atoms with Crippen LogP contribution in [0.25, 0.3) is 4.96 Å². The lowest BCUT2D eigenvalue weighted by molar-refractivity contribution is 0.0468. The molecule has 0 aliphatic rings. The van der Waals surface area contributed by atoms with Gasteiger partial charge in [-0.25, -0.2) is 9.78 Å². The minimum atomic E-state index is -0.454. The second-order valence-electron chi connectivity index (χ2n) is 4.14. The van der Waals surface area contributed by atoms with E-state index in [1.54, 1.807) is 12.1 Å². The van der Waals surface area contributed by atoms with Crippen molar-refractivity contribution >= 4 is 39.6 Å². The smallest absolute Gasteiger partial charge is 0.338 e. The molecule has 0 saturated heterocycles. The maximum Gasteiger partial charge on any atom is 0.338 e. The van der Waals surface area contributed by atoms with Gasteiger partial charge in [0.15, 0.2) is 4.96 Å². The molecular formula is C13H10ClN3O2S. The van der Waals surface area contributed by atoms with Crippen molar-refractivity contribution in [1.82, 2.24) is 9.38 Å². The highest BCUT2D eigenvalue weighted by molar-refractivity contribution is 7.15. The van der Waals surface area contributed by atoms with E-state index < -0.39 is 5.97 Å². The van der Waals surface area contributed by atoms with E-state index >= 15 is 0 Å². The number of anilines is 1. The van der Waals surface area contributed by atoms with Crippen molar-refractivity contribution in [1.29, 1.82) is 0 Å². The van der Waals surface area contributed by atoms with Crippen LogP contribution in [0.3, 0.4) is 0 Å². The zero-order valence-electron chi connectivity index (χ0n) is 10.2. The number of hydrogen-bond donors (Lipinski definition) is 1. The predicted octanol–water partition coefficient (Wildman–Crippen LogP) is 2.99. The number of imidazole rings is 1. The fourth-order valence-corrected chi connectivity index (χ4v) is 2.58. The Bertz CT molecular complexity index is 752. The Labute approximate surface area is 123 Å². The number of halogens is 1. The first kappa shape index (κ1) is 13.0. The topological polar surface area (TPSA) is 69.6 Å². The summed E-state index contributed by atoms with van der Waals surface area (Å²) in [5.41, 5.74) is 7.07. The largest absolute Gasteiger partial charge is 0.456 e. The van der Waals surface area contributed by atoms with E-state index in [0.29, 0.717) is 22.0 Å². The van der Waals surface area contributed by atoms with E-state index in [9.17, 15) is 4.79 Å². The molecule has 0 bridgehead atoms. The molecule has 0 spiro atoms. The van der Waals surface area contributed by atoms with E-state index in [1.165, 1.54) is 17.4 Å². The molecule has 7 heteroatoms. The number of benzene rings is 1. The van der Waals surface area contributed by atoms with Gasteiger partial charge >= 0.3 is 5.97 Å². The quantitative estimate of drug-likeness (QED) is 0.596. The Balaban J connectivity index is 1.69. The molecule has 2 heterocycles. The number of carbonyl (C=O) groups excluding carboxylic acids is 1. The van der Waals surface area contributed by atoms with E-state index in [2.05, 4.69) is 4.98 Å². The molecule has 0 radical (unpaired) electrons. The number of aromatic nitrogens is 2. The van der Waals surface area contributed by atoms with Gasteiger partial charge in [0.1, 0.15) is 6.61 Å². The molecule has 0 aliphatic carbocycles. The fourth-order valence-electron chi connectivity index (χ4n) is 1.74. The van der Waals surface area contributed by atoms with Crippen LogP contribution in [0.4, 0.5) is 5.69 Å². The van der Waals surface area contributed by atoms with Crippen LogP contribution in [0, 0.1) is 0 Å². The standard InChI is InChI=1S/C13H10ClN3O2S/c14-10-2-1-8(5-11(10)15)12(18)19-7-9-6-17-3-4-20-13(17)16-9/h1-6H,7,15H2. The first-order chi connectivity index (χ1) is 9.63. The number of nitrogens with zero attached hydrogens (tertiary/aromatic N) is 2. The van der Waals surface area contributed by atoms with Gasteiger partial charge in [0.2, 0.25) is 0 Å².